The molecule has 1 rings (SSSR count). The fourth-order valence-corrected chi connectivity index (χ4v) is 7.88. The average Bonchev–Trinajstić information content (AvgIpc) is 3.59. The number of rotatable bonds is 31. The Bertz CT molecular complexity index is 1370. The standard InChI is InChI=1S/C41H75BN4O10S2/c1-13-57-28-31(2)36(49)54-24-22-52-34(47)14-18-45(26-33-27-46(44-43-33)20-16-41(11,42)56-21-17-39(7,8)51-12)19-15-35(48)53-23-25-55-37(50)32(3)29-58-40(9,10)30-38(4,5)6/h27,31-32H,13-26,28-30,42H2,1-12H3. The lowest BCUT2D eigenvalue weighted by Gasteiger charge is -2.32. The van der Waals surface area contributed by atoms with Crippen molar-refractivity contribution in [2.45, 2.75) is 137 Å². The van der Waals surface area contributed by atoms with Crippen LogP contribution < -0.4 is 0 Å². The monoisotopic (exact) mass is 859 g/mol. The molecule has 0 aromatic carbocycles. The number of hydrogen-bond donors (Lipinski definition) is 0. The molecule has 0 saturated carbocycles. The van der Waals surface area contributed by atoms with Gasteiger partial charge in [0.15, 0.2) is 0 Å². The highest BCUT2D eigenvalue weighted by atomic mass is 32.2. The smallest absolute Gasteiger partial charge is 0.309 e. The molecule has 58 heavy (non-hydrogen) atoms. The van der Waals surface area contributed by atoms with E-state index in [2.05, 4.69) is 44.9 Å². The molecule has 17 heteroatoms. The Morgan fingerprint density at radius 1 is 0.810 bits per heavy atom. The number of thioether (sulfide) groups is 2. The molecule has 0 N–H and O–H groups in total. The number of carbonyl (C=O) groups excluding carboxylic acids is 4. The highest BCUT2D eigenvalue weighted by molar-refractivity contribution is 8.00. The highest BCUT2D eigenvalue weighted by Crippen LogP contribution is 2.37. The molecule has 0 amide bonds. The summed E-state index contributed by atoms with van der Waals surface area (Å²) in [5.41, 5.74) is 0.221. The predicted molar refractivity (Wildman–Crippen MR) is 234 cm³/mol. The molecule has 0 saturated heterocycles. The van der Waals surface area contributed by atoms with Gasteiger partial charge in [-0.3, -0.25) is 28.8 Å². The maximum Gasteiger partial charge on any atom is 0.309 e. The van der Waals surface area contributed by atoms with Gasteiger partial charge in [-0.2, -0.15) is 23.5 Å². The second-order valence-electron chi connectivity index (χ2n) is 17.9. The van der Waals surface area contributed by atoms with E-state index in [1.54, 1.807) is 35.3 Å². The van der Waals surface area contributed by atoms with Crippen LogP contribution in [0, 0.1) is 17.3 Å². The van der Waals surface area contributed by atoms with Gasteiger partial charge in [0.05, 0.1) is 36.0 Å². The van der Waals surface area contributed by atoms with E-state index in [9.17, 15) is 19.2 Å². The molecule has 0 aliphatic carbocycles. The molecule has 3 unspecified atom stereocenters. The summed E-state index contributed by atoms with van der Waals surface area (Å²) in [5.74, 6) is 0.174. The lowest BCUT2D eigenvalue weighted by atomic mass is 9.80. The Morgan fingerprint density at radius 3 is 1.86 bits per heavy atom. The van der Waals surface area contributed by atoms with Crippen molar-refractivity contribution < 1.29 is 47.6 Å². The molecule has 0 radical (unpaired) electrons. The van der Waals surface area contributed by atoms with E-state index in [0.29, 0.717) is 43.3 Å². The molecule has 334 valence electrons. The summed E-state index contributed by atoms with van der Waals surface area (Å²) >= 11 is 3.43. The van der Waals surface area contributed by atoms with Gasteiger partial charge >= 0.3 is 23.9 Å². The first kappa shape index (κ1) is 53.7. The Labute approximate surface area is 358 Å². The Hall–Kier alpha value is -2.34. The van der Waals surface area contributed by atoms with E-state index in [1.165, 1.54) is 0 Å². The summed E-state index contributed by atoms with van der Waals surface area (Å²) in [6.07, 6.45) is 4.44. The summed E-state index contributed by atoms with van der Waals surface area (Å²) in [5, 5.41) is 8.64. The van der Waals surface area contributed by atoms with E-state index in [0.717, 1.165) is 18.6 Å². The molecule has 0 aliphatic rings. The fraction of sp³-hybridized carbons (Fsp3) is 0.854. The van der Waals surface area contributed by atoms with Gasteiger partial charge in [0, 0.05) is 67.8 Å². The van der Waals surface area contributed by atoms with Crippen molar-refractivity contribution in [1.82, 2.24) is 19.9 Å². The van der Waals surface area contributed by atoms with Gasteiger partial charge in [-0.25, -0.2) is 0 Å². The first-order valence-corrected chi connectivity index (χ1v) is 22.8. The van der Waals surface area contributed by atoms with Gasteiger partial charge in [0.1, 0.15) is 34.3 Å². The molecule has 14 nitrogen and oxygen atoms in total. The minimum Gasteiger partial charge on any atom is -0.462 e. The predicted octanol–water partition coefficient (Wildman–Crippen LogP) is 5.58. The average molecular weight is 859 g/mol. The van der Waals surface area contributed by atoms with Crippen molar-refractivity contribution >= 4 is 55.2 Å². The van der Waals surface area contributed by atoms with E-state index in [-0.39, 0.29) is 97.4 Å². The minimum atomic E-state index is -0.454. The second kappa shape index (κ2) is 26.8. The van der Waals surface area contributed by atoms with Crippen LogP contribution in [0.1, 0.15) is 114 Å². The second-order valence-corrected chi connectivity index (χ2v) is 20.9. The third kappa shape index (κ3) is 26.0. The van der Waals surface area contributed by atoms with Crippen LogP contribution in [-0.2, 0) is 60.7 Å². The maximum absolute atomic E-state index is 12.7. The molecule has 0 spiro atoms. The maximum atomic E-state index is 12.7. The Balaban J connectivity index is 2.70. The van der Waals surface area contributed by atoms with E-state index in [4.69, 9.17) is 28.4 Å². The Morgan fingerprint density at radius 2 is 1.34 bits per heavy atom. The minimum absolute atomic E-state index is 0.0137. The van der Waals surface area contributed by atoms with Crippen LogP contribution in [0.15, 0.2) is 6.20 Å². The van der Waals surface area contributed by atoms with Gasteiger partial charge in [-0.1, -0.05) is 60.6 Å². The topological polar surface area (TPSA) is 158 Å². The van der Waals surface area contributed by atoms with Crippen molar-refractivity contribution in [2.75, 3.05) is 70.5 Å². The number of aryl methyl sites for hydroxylation is 1. The van der Waals surface area contributed by atoms with Crippen LogP contribution >= 0.6 is 23.5 Å². The van der Waals surface area contributed by atoms with Crippen molar-refractivity contribution in [3.8, 4) is 0 Å². The van der Waals surface area contributed by atoms with Crippen molar-refractivity contribution in [1.29, 1.82) is 0 Å². The van der Waals surface area contributed by atoms with Crippen LogP contribution in [0.25, 0.3) is 0 Å². The highest BCUT2D eigenvalue weighted by Gasteiger charge is 2.28. The SMILES string of the molecule is BC(C)(CCn1cc(CN(CCC(=O)OCCOC(=O)C(C)CSCC)CCC(=O)OCCOC(=O)C(C)CSC(C)(C)CC(C)(C)C)nn1)OCCC(C)(C)OC. The van der Waals surface area contributed by atoms with Crippen molar-refractivity contribution in [2.24, 2.45) is 17.3 Å². The molecule has 0 bridgehead atoms. The number of methoxy groups -OCH3 is 1. The first-order chi connectivity index (χ1) is 27.0. The van der Waals surface area contributed by atoms with Gasteiger partial charge < -0.3 is 28.4 Å². The van der Waals surface area contributed by atoms with E-state index >= 15 is 0 Å². The van der Waals surface area contributed by atoms with Gasteiger partial charge in [0.2, 0.25) is 0 Å². The molecule has 0 fully saturated rings. The zero-order chi connectivity index (χ0) is 44.0. The number of hydrogen-bond acceptors (Lipinski definition) is 15. The Kier molecular flexibility index (Phi) is 24.8. The number of esters is 4. The lowest BCUT2D eigenvalue weighted by Crippen LogP contribution is -2.34. The van der Waals surface area contributed by atoms with Crippen molar-refractivity contribution in [3.05, 3.63) is 11.9 Å². The molecule has 3 atom stereocenters. The molecule has 1 aromatic rings. The van der Waals surface area contributed by atoms with Crippen LogP contribution in [0.2, 0.25) is 0 Å². The van der Waals surface area contributed by atoms with Gasteiger partial charge in [-0.15, -0.1) is 5.10 Å². The molecule has 1 heterocycles. The van der Waals surface area contributed by atoms with Crippen LogP contribution in [0.3, 0.4) is 0 Å². The van der Waals surface area contributed by atoms with Crippen LogP contribution in [-0.4, -0.2) is 138 Å². The third-order valence-electron chi connectivity index (χ3n) is 9.17. The normalized spacial score (nSPS) is 14.4. The fourth-order valence-electron chi connectivity index (χ4n) is 5.78. The number of carbonyl (C=O) groups is 4. The third-order valence-corrected chi connectivity index (χ3v) is 11.9. The summed E-state index contributed by atoms with van der Waals surface area (Å²) in [4.78, 5) is 52.0. The van der Waals surface area contributed by atoms with Crippen LogP contribution in [0.5, 0.6) is 0 Å². The van der Waals surface area contributed by atoms with Gasteiger partial charge in [-0.05, 0) is 51.2 Å². The first-order valence-electron chi connectivity index (χ1n) is 20.6. The lowest BCUT2D eigenvalue weighted by molar-refractivity contribution is -0.154. The number of ether oxygens (including phenoxy) is 6. The molecule has 1 aromatic heterocycles. The number of aromatic nitrogens is 3. The summed E-state index contributed by atoms with van der Waals surface area (Å²) in [6.45, 7) is 24.7. The molecule has 0 aliphatic heterocycles. The molecular formula is C41H75BN4O10S2. The largest absolute Gasteiger partial charge is 0.462 e. The summed E-state index contributed by atoms with van der Waals surface area (Å²) in [7, 11) is 3.74. The van der Waals surface area contributed by atoms with Crippen LogP contribution in [0.4, 0.5) is 0 Å². The summed E-state index contributed by atoms with van der Waals surface area (Å²) in [6, 6.07) is 0. The number of nitrogens with zero attached hydrogens (tertiary/aromatic N) is 4. The molecular weight excluding hydrogens is 783 g/mol. The van der Waals surface area contributed by atoms with Crippen molar-refractivity contribution in [3.63, 3.8) is 0 Å². The summed E-state index contributed by atoms with van der Waals surface area (Å²) < 4.78 is 34.8. The van der Waals surface area contributed by atoms with E-state index in [1.807, 2.05) is 60.5 Å². The van der Waals surface area contributed by atoms with Gasteiger partial charge in [0.25, 0.3) is 0 Å². The zero-order valence-electron chi connectivity index (χ0n) is 37.9. The van der Waals surface area contributed by atoms with E-state index < -0.39 is 11.9 Å². The zero-order valence-corrected chi connectivity index (χ0v) is 39.6. The quantitative estimate of drug-likeness (QED) is 0.0395.